The molecule has 1 spiro atoms. The number of fused-ring (bicyclic) bond motifs is 2. The van der Waals surface area contributed by atoms with Gasteiger partial charge in [0.1, 0.15) is 11.5 Å². The molecule has 2 aliphatic heterocycles. The average molecular weight is 767 g/mol. The summed E-state index contributed by atoms with van der Waals surface area (Å²) in [6.45, 7) is 2.03. The fourth-order valence-electron chi connectivity index (χ4n) is 7.32. The summed E-state index contributed by atoms with van der Waals surface area (Å²) < 4.78 is 47.6. The number of aryl methyl sites for hydroxylation is 2. The Labute approximate surface area is 313 Å². The van der Waals surface area contributed by atoms with Crippen LogP contribution in [-0.4, -0.2) is 51.4 Å². The fourth-order valence-corrected chi connectivity index (χ4v) is 7.92. The summed E-state index contributed by atoms with van der Waals surface area (Å²) in [4.78, 5) is 32.4. The number of anilines is 2. The van der Waals surface area contributed by atoms with Gasteiger partial charge in [0.05, 0.1) is 45.7 Å². The number of carbonyl (C=O) groups excluding carboxylic acids is 1. The molecule has 2 saturated heterocycles. The minimum atomic E-state index is -4.75. The number of pyridine rings is 2. The van der Waals surface area contributed by atoms with Crippen molar-refractivity contribution in [2.45, 2.75) is 56.7 Å². The molecule has 1 aliphatic carbocycles. The number of benzene rings is 2. The summed E-state index contributed by atoms with van der Waals surface area (Å²) >= 11 is 13.8. The number of aromatic nitrogens is 4. The Morgan fingerprint density at radius 3 is 2.42 bits per heavy atom. The van der Waals surface area contributed by atoms with E-state index >= 15 is 0 Å². The number of hydrogen-bond acceptors (Lipinski definition) is 8. The monoisotopic (exact) mass is 765 g/mol. The Balaban J connectivity index is 0.000000336. The van der Waals surface area contributed by atoms with Crippen molar-refractivity contribution in [2.24, 2.45) is 7.05 Å². The lowest BCUT2D eigenvalue weighted by atomic mass is 9.88. The number of nitrogens with zero attached hydrogens (tertiary/aromatic N) is 4. The van der Waals surface area contributed by atoms with E-state index in [0.717, 1.165) is 74.3 Å². The summed E-state index contributed by atoms with van der Waals surface area (Å²) in [7, 11) is 2.99. The number of carbonyl (C=O) groups is 1. The summed E-state index contributed by atoms with van der Waals surface area (Å²) in [5.41, 5.74) is 3.31. The number of nitrogens with one attached hydrogen (secondary N) is 3. The Morgan fingerprint density at radius 1 is 0.943 bits per heavy atom. The van der Waals surface area contributed by atoms with Crippen LogP contribution < -0.4 is 26.2 Å². The van der Waals surface area contributed by atoms with E-state index in [1.165, 1.54) is 18.8 Å². The number of rotatable bonds is 5. The highest BCUT2D eigenvalue weighted by atomic mass is 35.5. The quantitative estimate of drug-likeness (QED) is 0.167. The van der Waals surface area contributed by atoms with Crippen molar-refractivity contribution in [3.63, 3.8) is 0 Å². The molecule has 0 radical (unpaired) electrons. The van der Waals surface area contributed by atoms with Gasteiger partial charge in [0.2, 0.25) is 11.8 Å². The summed E-state index contributed by atoms with van der Waals surface area (Å²) in [6.07, 6.45) is 3.35. The summed E-state index contributed by atoms with van der Waals surface area (Å²) in [5, 5.41) is 13.6. The van der Waals surface area contributed by atoms with Crippen molar-refractivity contribution >= 4 is 51.4 Å². The summed E-state index contributed by atoms with van der Waals surface area (Å²) in [5.74, 6) is 0.518. The van der Waals surface area contributed by atoms with Gasteiger partial charge in [-0.25, -0.2) is 14.6 Å². The highest BCUT2D eigenvalue weighted by molar-refractivity contribution is 6.39. The number of hydrogen-bond donors (Lipinski definition) is 3. The number of ether oxygens (including phenoxy) is 1. The topological polar surface area (TPSA) is 123 Å². The second kappa shape index (κ2) is 14.6. The Hall–Kier alpha value is -4.72. The maximum atomic E-state index is 13.7. The molecule has 2 aromatic carbocycles. The van der Waals surface area contributed by atoms with Crippen LogP contribution in [0.15, 0.2) is 59.5 Å². The van der Waals surface area contributed by atoms with E-state index in [1.807, 2.05) is 18.2 Å². The van der Waals surface area contributed by atoms with Gasteiger partial charge in [0.25, 0.3) is 5.56 Å². The van der Waals surface area contributed by atoms with Crippen molar-refractivity contribution in [1.29, 1.82) is 0 Å². The molecule has 0 saturated carbocycles. The largest absolute Gasteiger partial charge is 0.481 e. The van der Waals surface area contributed by atoms with Crippen molar-refractivity contribution < 1.29 is 22.7 Å². The van der Waals surface area contributed by atoms with Gasteiger partial charge in [0.15, 0.2) is 0 Å². The van der Waals surface area contributed by atoms with Gasteiger partial charge in [-0.1, -0.05) is 53.5 Å². The van der Waals surface area contributed by atoms with E-state index < -0.39 is 17.4 Å². The third-order valence-electron chi connectivity index (χ3n) is 9.99. The third kappa shape index (κ3) is 7.29. The van der Waals surface area contributed by atoms with Crippen LogP contribution in [0.4, 0.5) is 24.7 Å². The van der Waals surface area contributed by atoms with Crippen LogP contribution in [0, 0.1) is 0 Å². The van der Waals surface area contributed by atoms with Gasteiger partial charge >= 0.3 is 6.18 Å². The molecule has 2 fully saturated rings. The molecule has 3 aliphatic rings. The summed E-state index contributed by atoms with van der Waals surface area (Å²) in [6, 6.07) is 13.3. The van der Waals surface area contributed by atoms with Gasteiger partial charge in [-0.05, 0) is 68.8 Å². The first kappa shape index (κ1) is 36.6. The SMILES string of the molecule is COc1nc(-c2cccc(-c3cccc(Nc4nc(C(F)(F)F)cc5cnn(C)c(=O)c45)c3Cl)c2Cl)cc2c1CCC2.O=C1CCCC2(CCNC2)N1. The second-order valence-corrected chi connectivity index (χ2v) is 14.2. The minimum Gasteiger partial charge on any atom is -0.481 e. The molecule has 5 aromatic rings. The van der Waals surface area contributed by atoms with Crippen molar-refractivity contribution in [2.75, 3.05) is 25.5 Å². The van der Waals surface area contributed by atoms with E-state index in [9.17, 15) is 22.8 Å². The maximum absolute atomic E-state index is 13.7. The predicted molar refractivity (Wildman–Crippen MR) is 199 cm³/mol. The van der Waals surface area contributed by atoms with Gasteiger partial charge in [-0.15, -0.1) is 0 Å². The van der Waals surface area contributed by atoms with E-state index in [4.69, 9.17) is 32.9 Å². The molecule has 276 valence electrons. The molecule has 1 atom stereocenters. The lowest BCUT2D eigenvalue weighted by molar-refractivity contribution is -0.141. The molecular formula is C38H36Cl2F3N7O3. The predicted octanol–water partition coefficient (Wildman–Crippen LogP) is 7.64. The molecule has 3 N–H and O–H groups in total. The number of halogens is 5. The van der Waals surface area contributed by atoms with Gasteiger partial charge in [-0.2, -0.15) is 18.3 Å². The van der Waals surface area contributed by atoms with E-state index in [1.54, 1.807) is 31.4 Å². The zero-order valence-electron chi connectivity index (χ0n) is 29.0. The first-order valence-corrected chi connectivity index (χ1v) is 18.0. The highest BCUT2D eigenvalue weighted by Crippen LogP contribution is 2.43. The number of methoxy groups -OCH3 is 1. The lowest BCUT2D eigenvalue weighted by Crippen LogP contribution is -2.52. The standard InChI is InChI=1S/C30H22Cl2F3N5O2.C8H14N2O/c1-40-29(41)24-16(14-36-40)13-23(30(33,34)35)39-27(24)37-21-11-5-9-19(26(21)32)18-8-4-10-20(25(18)31)22-12-15-6-3-7-17(15)28(38-22)42-2;11-7-2-1-3-8(10-7)4-5-9-6-8/h4-5,8-14H,3,6-7H2,1-2H3,(H,37,39);9H,1-6H2,(H,10,11). The molecule has 10 nitrogen and oxygen atoms in total. The van der Waals surface area contributed by atoms with Gasteiger partial charge in [0, 0.05) is 47.7 Å². The van der Waals surface area contributed by atoms with Crippen molar-refractivity contribution in [3.8, 4) is 28.3 Å². The van der Waals surface area contributed by atoms with Crippen LogP contribution in [0.1, 0.15) is 48.9 Å². The Morgan fingerprint density at radius 2 is 1.70 bits per heavy atom. The molecular weight excluding hydrogens is 730 g/mol. The molecule has 0 bridgehead atoms. The average Bonchev–Trinajstić information content (AvgIpc) is 3.80. The Bertz CT molecular complexity index is 2290. The molecule has 3 aromatic heterocycles. The second-order valence-electron chi connectivity index (χ2n) is 13.5. The number of alkyl halides is 3. The smallest absolute Gasteiger partial charge is 0.433 e. The van der Waals surface area contributed by atoms with E-state index in [-0.39, 0.29) is 38.7 Å². The van der Waals surface area contributed by atoms with Crippen LogP contribution in [0.2, 0.25) is 10.0 Å². The molecule has 1 unspecified atom stereocenters. The molecule has 53 heavy (non-hydrogen) atoms. The van der Waals surface area contributed by atoms with Gasteiger partial charge in [-0.3, -0.25) is 9.59 Å². The zero-order valence-corrected chi connectivity index (χ0v) is 30.5. The fraction of sp³-hybridized carbons (Fsp3) is 0.342. The number of piperidine rings is 1. The van der Waals surface area contributed by atoms with Crippen LogP contribution >= 0.6 is 23.2 Å². The first-order chi connectivity index (χ1) is 25.4. The Kier molecular flexibility index (Phi) is 10.1. The van der Waals surface area contributed by atoms with Crippen LogP contribution in [0.5, 0.6) is 5.88 Å². The van der Waals surface area contributed by atoms with Crippen molar-refractivity contribution in [3.05, 3.63) is 91.9 Å². The molecule has 1 amide bonds. The van der Waals surface area contributed by atoms with Crippen LogP contribution in [0.3, 0.4) is 0 Å². The molecule has 5 heterocycles. The van der Waals surface area contributed by atoms with Crippen LogP contribution in [0.25, 0.3) is 33.2 Å². The zero-order chi connectivity index (χ0) is 37.5. The van der Waals surface area contributed by atoms with Crippen molar-refractivity contribution in [1.82, 2.24) is 30.4 Å². The first-order valence-electron chi connectivity index (χ1n) is 17.2. The lowest BCUT2D eigenvalue weighted by Gasteiger charge is -2.33. The number of amides is 1. The highest BCUT2D eigenvalue weighted by Gasteiger charge is 2.37. The normalized spacial score (nSPS) is 18.1. The maximum Gasteiger partial charge on any atom is 0.433 e. The third-order valence-corrected chi connectivity index (χ3v) is 10.8. The van der Waals surface area contributed by atoms with Gasteiger partial charge < -0.3 is 20.7 Å². The van der Waals surface area contributed by atoms with Crippen LogP contribution in [-0.2, 0) is 30.9 Å². The minimum absolute atomic E-state index is 0.0109. The van der Waals surface area contributed by atoms with E-state index in [0.29, 0.717) is 33.3 Å². The molecule has 15 heteroatoms. The van der Waals surface area contributed by atoms with E-state index in [2.05, 4.69) is 26.0 Å². The molecule has 8 rings (SSSR count).